The van der Waals surface area contributed by atoms with Crippen molar-refractivity contribution >= 4 is 34.6 Å². The molecule has 0 spiro atoms. The number of rotatable bonds is 2. The minimum Gasteiger partial charge on any atom is -0.267 e. The summed E-state index contributed by atoms with van der Waals surface area (Å²) >= 11 is 7.31. The van der Waals surface area contributed by atoms with Gasteiger partial charge >= 0.3 is 0 Å². The molecule has 0 unspecified atom stereocenters. The summed E-state index contributed by atoms with van der Waals surface area (Å²) in [6, 6.07) is 16.7. The van der Waals surface area contributed by atoms with Crippen molar-refractivity contribution in [2.75, 3.05) is 0 Å². The molecule has 3 aromatic rings. The zero-order chi connectivity index (χ0) is 19.6. The molecular formula is C21H14ClN3OS. The van der Waals surface area contributed by atoms with Gasteiger partial charge in [0.15, 0.2) is 5.57 Å². The van der Waals surface area contributed by atoms with Crippen LogP contribution in [0, 0.1) is 36.5 Å². The van der Waals surface area contributed by atoms with E-state index in [1.807, 2.05) is 62.4 Å². The minimum absolute atomic E-state index is 0.101. The molecule has 0 aliphatic heterocycles. The van der Waals surface area contributed by atoms with E-state index in [2.05, 4.69) is 0 Å². The first-order valence-electron chi connectivity index (χ1n) is 8.06. The highest BCUT2D eigenvalue weighted by molar-refractivity contribution is 7.07. The maximum atomic E-state index is 13.1. The molecule has 0 fully saturated rings. The molecule has 2 aromatic carbocycles. The molecule has 0 amide bonds. The van der Waals surface area contributed by atoms with Crippen LogP contribution in [0.1, 0.15) is 16.7 Å². The van der Waals surface area contributed by atoms with Crippen LogP contribution in [-0.2, 0) is 0 Å². The molecular weight excluding hydrogens is 378 g/mol. The van der Waals surface area contributed by atoms with Gasteiger partial charge in [-0.3, -0.25) is 9.36 Å². The lowest BCUT2D eigenvalue weighted by atomic mass is 10.1. The Labute approximate surface area is 165 Å². The topological polar surface area (TPSA) is 69.6 Å². The molecule has 1 heterocycles. The summed E-state index contributed by atoms with van der Waals surface area (Å²) in [6.07, 6.45) is 1.69. The number of benzene rings is 2. The molecule has 0 N–H and O–H groups in total. The average Bonchev–Trinajstić information content (AvgIpc) is 2.95. The minimum atomic E-state index is -0.287. The summed E-state index contributed by atoms with van der Waals surface area (Å²) in [5, 5.41) is 19.2. The van der Waals surface area contributed by atoms with Crippen molar-refractivity contribution in [3.8, 4) is 17.8 Å². The molecule has 132 valence electrons. The number of aryl methyl sites for hydroxylation is 2. The Morgan fingerprint density at radius 3 is 2.48 bits per heavy atom. The summed E-state index contributed by atoms with van der Waals surface area (Å²) in [7, 11) is 0. The first-order valence-corrected chi connectivity index (χ1v) is 9.26. The predicted octanol–water partition coefficient (Wildman–Crippen LogP) is 3.20. The summed E-state index contributed by atoms with van der Waals surface area (Å²) in [4.78, 5) is 13.1. The van der Waals surface area contributed by atoms with Crippen LogP contribution in [0.5, 0.6) is 0 Å². The Morgan fingerprint density at radius 2 is 1.85 bits per heavy atom. The third kappa shape index (κ3) is 3.57. The van der Waals surface area contributed by atoms with Gasteiger partial charge in [-0.05, 0) is 43.2 Å². The van der Waals surface area contributed by atoms with E-state index < -0.39 is 0 Å². The maximum Gasteiger partial charge on any atom is 0.273 e. The number of halogens is 1. The van der Waals surface area contributed by atoms with Gasteiger partial charge in [-0.1, -0.05) is 47.5 Å². The van der Waals surface area contributed by atoms with Crippen LogP contribution in [0.25, 0.3) is 17.3 Å². The first-order chi connectivity index (χ1) is 13.0. The second-order valence-corrected chi connectivity index (χ2v) is 7.40. The molecule has 6 heteroatoms. The van der Waals surface area contributed by atoms with E-state index in [-0.39, 0.29) is 11.1 Å². The number of hydrogen-bond donors (Lipinski definition) is 0. The lowest BCUT2D eigenvalue weighted by Crippen LogP contribution is -2.31. The number of nitrogens with zero attached hydrogens (tertiary/aromatic N) is 3. The van der Waals surface area contributed by atoms with E-state index in [1.54, 1.807) is 12.1 Å². The fourth-order valence-electron chi connectivity index (χ4n) is 2.78. The van der Waals surface area contributed by atoms with Gasteiger partial charge in [0, 0.05) is 5.02 Å². The molecule has 0 saturated carbocycles. The van der Waals surface area contributed by atoms with Gasteiger partial charge in [0.2, 0.25) is 0 Å². The van der Waals surface area contributed by atoms with Gasteiger partial charge in [0.1, 0.15) is 16.8 Å². The number of hydrogen-bond acceptors (Lipinski definition) is 4. The zero-order valence-electron chi connectivity index (χ0n) is 14.7. The van der Waals surface area contributed by atoms with E-state index in [1.165, 1.54) is 4.57 Å². The van der Waals surface area contributed by atoms with E-state index in [0.29, 0.717) is 25.5 Å². The normalized spacial score (nSPS) is 11.1. The number of aromatic nitrogens is 1. The van der Waals surface area contributed by atoms with Crippen molar-refractivity contribution in [1.82, 2.24) is 4.57 Å². The fraction of sp³-hybridized carbons (Fsp3) is 0.0952. The van der Waals surface area contributed by atoms with E-state index in [4.69, 9.17) is 11.6 Å². The lowest BCUT2D eigenvalue weighted by Gasteiger charge is -2.07. The van der Waals surface area contributed by atoms with Crippen molar-refractivity contribution in [2.45, 2.75) is 13.8 Å². The quantitative estimate of drug-likeness (QED) is 0.673. The molecule has 4 nitrogen and oxygen atoms in total. The number of nitriles is 2. The average molecular weight is 392 g/mol. The third-order valence-corrected chi connectivity index (χ3v) is 5.48. The smallest absolute Gasteiger partial charge is 0.267 e. The zero-order valence-corrected chi connectivity index (χ0v) is 16.2. The van der Waals surface area contributed by atoms with Gasteiger partial charge in [-0.15, -0.1) is 11.3 Å². The first kappa shape index (κ1) is 18.7. The monoisotopic (exact) mass is 391 g/mol. The number of thiazole rings is 1. The SMILES string of the molecule is Cc1ccc(-n2c(=C(C#N)C#N)s/c(=C/c3ccccc3Cl)c2=O)c(C)c1. The van der Waals surface area contributed by atoms with Crippen molar-refractivity contribution < 1.29 is 0 Å². The van der Waals surface area contributed by atoms with Crippen molar-refractivity contribution in [3.05, 3.63) is 83.7 Å². The van der Waals surface area contributed by atoms with Gasteiger partial charge in [-0.2, -0.15) is 10.5 Å². The van der Waals surface area contributed by atoms with Crippen LogP contribution in [0.4, 0.5) is 0 Å². The highest BCUT2D eigenvalue weighted by atomic mass is 35.5. The highest BCUT2D eigenvalue weighted by Gasteiger charge is 2.13. The van der Waals surface area contributed by atoms with Crippen LogP contribution in [0.15, 0.2) is 47.3 Å². The van der Waals surface area contributed by atoms with Crippen LogP contribution in [-0.4, -0.2) is 4.57 Å². The molecule has 0 radical (unpaired) electrons. The van der Waals surface area contributed by atoms with Crippen molar-refractivity contribution in [2.24, 2.45) is 0 Å². The molecule has 3 rings (SSSR count). The molecule has 1 aromatic heterocycles. The van der Waals surface area contributed by atoms with E-state index >= 15 is 0 Å². The Kier molecular flexibility index (Phi) is 5.28. The Balaban J connectivity index is 2.45. The summed E-state index contributed by atoms with van der Waals surface area (Å²) in [5.74, 6) is 0. The second-order valence-electron chi connectivity index (χ2n) is 5.97. The van der Waals surface area contributed by atoms with E-state index in [0.717, 1.165) is 22.5 Å². The molecule has 0 bridgehead atoms. The van der Waals surface area contributed by atoms with Crippen LogP contribution < -0.4 is 14.8 Å². The molecule has 0 atom stereocenters. The van der Waals surface area contributed by atoms with E-state index in [9.17, 15) is 15.3 Å². The molecule has 0 aliphatic carbocycles. The Hall–Kier alpha value is -3.12. The molecule has 0 saturated heterocycles. The Morgan fingerprint density at radius 1 is 1.15 bits per heavy atom. The maximum absolute atomic E-state index is 13.1. The third-order valence-electron chi connectivity index (χ3n) is 4.05. The summed E-state index contributed by atoms with van der Waals surface area (Å²) < 4.78 is 2.15. The largest absolute Gasteiger partial charge is 0.273 e. The van der Waals surface area contributed by atoms with Gasteiger partial charge in [-0.25, -0.2) is 0 Å². The van der Waals surface area contributed by atoms with Gasteiger partial charge in [0.05, 0.1) is 10.2 Å². The van der Waals surface area contributed by atoms with Gasteiger partial charge < -0.3 is 0 Å². The van der Waals surface area contributed by atoms with Crippen molar-refractivity contribution in [3.63, 3.8) is 0 Å². The highest BCUT2D eigenvalue weighted by Crippen LogP contribution is 2.16. The lowest BCUT2D eigenvalue weighted by molar-refractivity contribution is 0.973. The van der Waals surface area contributed by atoms with Crippen molar-refractivity contribution in [1.29, 1.82) is 10.5 Å². The summed E-state index contributed by atoms with van der Waals surface area (Å²) in [5.41, 5.74) is 2.91. The van der Waals surface area contributed by atoms with Crippen LogP contribution in [0.2, 0.25) is 5.02 Å². The van der Waals surface area contributed by atoms with Gasteiger partial charge in [0.25, 0.3) is 5.56 Å². The standard InChI is InChI=1S/C21H14ClN3OS/c1-13-7-8-18(14(2)9-13)25-20(26)19(27-21(25)16(11-23)12-24)10-15-5-3-4-6-17(15)22/h3-10H,1-2H3/b19-10+. The fourth-order valence-corrected chi connectivity index (χ4v) is 4.01. The predicted molar refractivity (Wildman–Crippen MR) is 108 cm³/mol. The van der Waals surface area contributed by atoms with Crippen LogP contribution in [0.3, 0.4) is 0 Å². The second kappa shape index (κ2) is 7.63. The van der Waals surface area contributed by atoms with Crippen LogP contribution >= 0.6 is 22.9 Å². The Bertz CT molecular complexity index is 1290. The molecule has 27 heavy (non-hydrogen) atoms. The summed E-state index contributed by atoms with van der Waals surface area (Å²) in [6.45, 7) is 3.86. The molecule has 0 aliphatic rings.